The minimum absolute atomic E-state index is 0.422. The van der Waals surface area contributed by atoms with Gasteiger partial charge in [0.05, 0.1) is 23.4 Å². The number of thiazole rings is 1. The maximum atomic E-state index is 5.32. The Labute approximate surface area is 123 Å². The van der Waals surface area contributed by atoms with Crippen LogP contribution in [0.4, 0.5) is 0 Å². The molecule has 1 aromatic carbocycles. The molecule has 2 aromatic heterocycles. The number of thioether (sulfide) groups is 1. The van der Waals surface area contributed by atoms with Crippen LogP contribution in [0.3, 0.4) is 0 Å². The van der Waals surface area contributed by atoms with Gasteiger partial charge in [0, 0.05) is 11.7 Å². The highest BCUT2D eigenvalue weighted by Crippen LogP contribution is 2.30. The molecule has 0 amide bonds. The molecule has 1 aliphatic rings. The van der Waals surface area contributed by atoms with Crippen molar-refractivity contribution >= 4 is 38.3 Å². The molecular formula is C13H13N3O2S2. The fraction of sp³-hybridized carbons (Fsp3) is 0.385. The predicted octanol–water partition coefficient (Wildman–Crippen LogP) is 2.66. The number of aromatic nitrogens is 3. The molecule has 4 rings (SSSR count). The topological polar surface area (TPSA) is 48.7 Å². The summed E-state index contributed by atoms with van der Waals surface area (Å²) < 4.78 is 14.0. The molecule has 20 heavy (non-hydrogen) atoms. The van der Waals surface area contributed by atoms with Crippen molar-refractivity contribution in [1.82, 2.24) is 14.6 Å². The summed E-state index contributed by atoms with van der Waals surface area (Å²) in [5.41, 5.74) is 1.18. The highest BCUT2D eigenvalue weighted by atomic mass is 32.2. The first-order valence-corrected chi connectivity index (χ1v) is 8.23. The normalized spacial score (nSPS) is 17.2. The molecule has 0 saturated carbocycles. The second-order valence-corrected chi connectivity index (χ2v) is 6.70. The van der Waals surface area contributed by atoms with Crippen LogP contribution in [0.25, 0.3) is 15.2 Å². The van der Waals surface area contributed by atoms with Gasteiger partial charge in [0.25, 0.3) is 0 Å². The SMILES string of the molecule is c1ccc2c(c1)sc1nnc(SCC3COCOC3)n12. The smallest absolute Gasteiger partial charge is 0.217 e. The molecule has 1 aliphatic heterocycles. The minimum atomic E-state index is 0.422. The van der Waals surface area contributed by atoms with E-state index in [0.717, 1.165) is 29.1 Å². The number of rotatable bonds is 3. The van der Waals surface area contributed by atoms with Crippen molar-refractivity contribution in [3.8, 4) is 0 Å². The molecule has 3 heterocycles. The number of nitrogens with zero attached hydrogens (tertiary/aromatic N) is 3. The van der Waals surface area contributed by atoms with Crippen LogP contribution in [0.2, 0.25) is 0 Å². The molecule has 1 fully saturated rings. The zero-order valence-electron chi connectivity index (χ0n) is 10.7. The highest BCUT2D eigenvalue weighted by Gasteiger charge is 2.18. The second-order valence-electron chi connectivity index (χ2n) is 4.71. The largest absolute Gasteiger partial charge is 0.355 e. The summed E-state index contributed by atoms with van der Waals surface area (Å²) in [5.74, 6) is 1.36. The Kier molecular flexibility index (Phi) is 3.35. The van der Waals surface area contributed by atoms with Crippen LogP contribution in [0.5, 0.6) is 0 Å². The Morgan fingerprint density at radius 1 is 1.25 bits per heavy atom. The fourth-order valence-corrected chi connectivity index (χ4v) is 4.29. The number of hydrogen-bond acceptors (Lipinski definition) is 6. The van der Waals surface area contributed by atoms with E-state index in [4.69, 9.17) is 9.47 Å². The summed E-state index contributed by atoms with van der Waals surface area (Å²) in [4.78, 5) is 0.949. The first kappa shape index (κ1) is 12.6. The lowest BCUT2D eigenvalue weighted by Gasteiger charge is -2.21. The van der Waals surface area contributed by atoms with Gasteiger partial charge in [-0.1, -0.05) is 35.2 Å². The molecule has 7 heteroatoms. The number of benzene rings is 1. The van der Waals surface area contributed by atoms with Crippen LogP contribution in [-0.4, -0.2) is 40.4 Å². The summed E-state index contributed by atoms with van der Waals surface area (Å²) in [5, 5.41) is 9.51. The number of hydrogen-bond donors (Lipinski definition) is 0. The van der Waals surface area contributed by atoms with Crippen LogP contribution in [0.1, 0.15) is 0 Å². The molecule has 0 aliphatic carbocycles. The summed E-state index contributed by atoms with van der Waals surface area (Å²) in [7, 11) is 0. The van der Waals surface area contributed by atoms with Crippen molar-refractivity contribution in [1.29, 1.82) is 0 Å². The molecule has 0 bridgehead atoms. The molecule has 1 saturated heterocycles. The van der Waals surface area contributed by atoms with Gasteiger partial charge in [0.1, 0.15) is 6.79 Å². The van der Waals surface area contributed by atoms with E-state index in [0.29, 0.717) is 12.7 Å². The maximum absolute atomic E-state index is 5.32. The lowest BCUT2D eigenvalue weighted by Crippen LogP contribution is -2.25. The third-order valence-electron chi connectivity index (χ3n) is 3.23. The lowest BCUT2D eigenvalue weighted by molar-refractivity contribution is -0.120. The molecular weight excluding hydrogens is 294 g/mol. The Morgan fingerprint density at radius 2 is 2.10 bits per heavy atom. The van der Waals surface area contributed by atoms with E-state index in [1.807, 2.05) is 6.07 Å². The average Bonchev–Trinajstić information content (AvgIpc) is 3.05. The van der Waals surface area contributed by atoms with Gasteiger partial charge in [0.2, 0.25) is 4.96 Å². The first-order chi connectivity index (χ1) is 9.92. The highest BCUT2D eigenvalue weighted by molar-refractivity contribution is 7.99. The molecule has 5 nitrogen and oxygen atoms in total. The standard InChI is InChI=1S/C13H13N3O2S2/c1-2-4-11-10(3-1)16-12(14-15-13(16)20-11)19-7-9-5-17-8-18-6-9/h1-4,9H,5-8H2. The summed E-state index contributed by atoms with van der Waals surface area (Å²) in [6.45, 7) is 1.95. The summed E-state index contributed by atoms with van der Waals surface area (Å²) in [6.07, 6.45) is 0. The van der Waals surface area contributed by atoms with E-state index in [9.17, 15) is 0 Å². The summed E-state index contributed by atoms with van der Waals surface area (Å²) in [6, 6.07) is 8.33. The van der Waals surface area contributed by atoms with Crippen molar-refractivity contribution in [2.24, 2.45) is 5.92 Å². The van der Waals surface area contributed by atoms with Crippen LogP contribution in [0, 0.1) is 5.92 Å². The van der Waals surface area contributed by atoms with Crippen molar-refractivity contribution in [3.05, 3.63) is 24.3 Å². The van der Waals surface area contributed by atoms with Crippen molar-refractivity contribution in [3.63, 3.8) is 0 Å². The molecule has 0 radical (unpaired) electrons. The zero-order chi connectivity index (χ0) is 13.4. The molecule has 3 aromatic rings. The van der Waals surface area contributed by atoms with E-state index in [2.05, 4.69) is 32.8 Å². The molecule has 104 valence electrons. The van der Waals surface area contributed by atoms with Gasteiger partial charge in [-0.25, -0.2) is 0 Å². The quantitative estimate of drug-likeness (QED) is 0.696. The van der Waals surface area contributed by atoms with E-state index in [1.54, 1.807) is 23.1 Å². The predicted molar refractivity (Wildman–Crippen MR) is 79.4 cm³/mol. The third-order valence-corrected chi connectivity index (χ3v) is 5.41. The molecule has 0 N–H and O–H groups in total. The van der Waals surface area contributed by atoms with Crippen molar-refractivity contribution in [2.45, 2.75) is 5.16 Å². The number of ether oxygens (including phenoxy) is 2. The van der Waals surface area contributed by atoms with Crippen LogP contribution in [0.15, 0.2) is 29.4 Å². The number of fused-ring (bicyclic) bond motifs is 3. The van der Waals surface area contributed by atoms with Gasteiger partial charge in [-0.15, -0.1) is 10.2 Å². The molecule has 0 unspecified atom stereocenters. The molecule has 0 atom stereocenters. The Balaban J connectivity index is 1.62. The second kappa shape index (κ2) is 5.33. The van der Waals surface area contributed by atoms with Crippen LogP contribution < -0.4 is 0 Å². The third kappa shape index (κ3) is 2.20. The Bertz CT molecular complexity index is 733. The van der Waals surface area contributed by atoms with E-state index in [-0.39, 0.29) is 0 Å². The van der Waals surface area contributed by atoms with Gasteiger partial charge in [-0.3, -0.25) is 4.40 Å². The van der Waals surface area contributed by atoms with Gasteiger partial charge in [-0.05, 0) is 12.1 Å². The maximum Gasteiger partial charge on any atom is 0.217 e. The lowest BCUT2D eigenvalue weighted by atomic mass is 10.2. The van der Waals surface area contributed by atoms with E-state index in [1.165, 1.54) is 10.2 Å². The van der Waals surface area contributed by atoms with E-state index < -0.39 is 0 Å². The van der Waals surface area contributed by atoms with Crippen LogP contribution in [-0.2, 0) is 9.47 Å². The average molecular weight is 307 g/mol. The van der Waals surface area contributed by atoms with Gasteiger partial charge < -0.3 is 9.47 Å². The minimum Gasteiger partial charge on any atom is -0.355 e. The van der Waals surface area contributed by atoms with Gasteiger partial charge in [-0.2, -0.15) is 0 Å². The zero-order valence-corrected chi connectivity index (χ0v) is 12.3. The monoisotopic (exact) mass is 307 g/mol. The van der Waals surface area contributed by atoms with Crippen molar-refractivity contribution < 1.29 is 9.47 Å². The molecule has 0 spiro atoms. The van der Waals surface area contributed by atoms with Crippen molar-refractivity contribution in [2.75, 3.05) is 25.8 Å². The first-order valence-electron chi connectivity index (χ1n) is 6.43. The van der Waals surface area contributed by atoms with Gasteiger partial charge >= 0.3 is 0 Å². The van der Waals surface area contributed by atoms with E-state index >= 15 is 0 Å². The van der Waals surface area contributed by atoms with Gasteiger partial charge in [0.15, 0.2) is 5.16 Å². The Morgan fingerprint density at radius 3 is 3.00 bits per heavy atom. The Hall–Kier alpha value is -1.15. The number of para-hydroxylation sites is 1. The fourth-order valence-electron chi connectivity index (χ4n) is 2.27. The summed E-state index contributed by atoms with van der Waals surface area (Å²) >= 11 is 3.39. The van der Waals surface area contributed by atoms with Crippen LogP contribution >= 0.6 is 23.1 Å².